The Morgan fingerprint density at radius 2 is 1.90 bits per heavy atom. The Morgan fingerprint density at radius 1 is 1.21 bits per heavy atom. The van der Waals surface area contributed by atoms with Crippen LogP contribution in [-0.2, 0) is 11.2 Å². The fourth-order valence-electron chi connectivity index (χ4n) is 2.82. The number of aromatic amines is 1. The lowest BCUT2D eigenvalue weighted by Gasteiger charge is -2.10. The number of carbonyl (C=O) groups is 1. The van der Waals surface area contributed by atoms with Gasteiger partial charge in [0.2, 0.25) is 5.95 Å². The summed E-state index contributed by atoms with van der Waals surface area (Å²) in [5, 5.41) is 7.08. The van der Waals surface area contributed by atoms with Crippen LogP contribution in [0.15, 0.2) is 35.1 Å². The maximum Gasteiger partial charge on any atom is 0.263 e. The molecule has 0 saturated carbocycles. The van der Waals surface area contributed by atoms with Crippen molar-refractivity contribution in [1.29, 1.82) is 0 Å². The maximum atomic E-state index is 12.3. The zero-order valence-corrected chi connectivity index (χ0v) is 17.6. The molecule has 3 aromatic rings. The number of H-pyrrole nitrogens is 1. The van der Waals surface area contributed by atoms with Crippen LogP contribution in [0.4, 0.5) is 5.82 Å². The molecular formula is C20H24ClN5O3. The lowest BCUT2D eigenvalue weighted by atomic mass is 10.2. The van der Waals surface area contributed by atoms with Gasteiger partial charge < -0.3 is 10.1 Å². The molecule has 0 aliphatic rings. The summed E-state index contributed by atoms with van der Waals surface area (Å²) in [6.07, 6.45) is 0.590. The Labute approximate surface area is 174 Å². The van der Waals surface area contributed by atoms with E-state index < -0.39 is 0 Å². The molecule has 0 aliphatic heterocycles. The van der Waals surface area contributed by atoms with Gasteiger partial charge in [0, 0.05) is 17.3 Å². The Morgan fingerprint density at radius 3 is 2.52 bits per heavy atom. The molecule has 0 fully saturated rings. The number of anilines is 1. The molecule has 0 aliphatic carbocycles. The van der Waals surface area contributed by atoms with Crippen molar-refractivity contribution in [2.45, 2.75) is 34.1 Å². The van der Waals surface area contributed by atoms with Crippen molar-refractivity contribution in [3.8, 4) is 11.7 Å². The number of aryl methyl sites for hydroxylation is 3. The number of amides is 1. The van der Waals surface area contributed by atoms with Crippen LogP contribution in [0, 0.1) is 20.8 Å². The van der Waals surface area contributed by atoms with Crippen LogP contribution < -0.4 is 15.6 Å². The van der Waals surface area contributed by atoms with Crippen LogP contribution in [0.5, 0.6) is 5.75 Å². The SMILES string of the molecule is CCc1c(C)nc(-n2nc(C)cc2NC(=O)COc2ccc(C)cc2)[nH]c1=O.Cl. The van der Waals surface area contributed by atoms with Crippen LogP contribution in [0.3, 0.4) is 0 Å². The summed E-state index contributed by atoms with van der Waals surface area (Å²) in [6.45, 7) is 7.30. The molecule has 0 spiro atoms. The zero-order chi connectivity index (χ0) is 20.3. The number of rotatable bonds is 6. The number of carbonyl (C=O) groups excluding carboxylic acids is 1. The van der Waals surface area contributed by atoms with Gasteiger partial charge in [-0.25, -0.2) is 4.98 Å². The highest BCUT2D eigenvalue weighted by Crippen LogP contribution is 2.15. The summed E-state index contributed by atoms with van der Waals surface area (Å²) in [5.41, 5.74) is 2.84. The zero-order valence-electron chi connectivity index (χ0n) is 16.8. The van der Waals surface area contributed by atoms with Crippen molar-refractivity contribution in [2.24, 2.45) is 0 Å². The van der Waals surface area contributed by atoms with Crippen molar-refractivity contribution >= 4 is 24.1 Å². The third-order valence-corrected chi connectivity index (χ3v) is 4.25. The second kappa shape index (κ2) is 9.38. The lowest BCUT2D eigenvalue weighted by molar-refractivity contribution is -0.118. The van der Waals surface area contributed by atoms with Crippen LogP contribution >= 0.6 is 12.4 Å². The van der Waals surface area contributed by atoms with Crippen molar-refractivity contribution in [2.75, 3.05) is 11.9 Å². The Bertz CT molecular complexity index is 1060. The largest absolute Gasteiger partial charge is 0.484 e. The second-order valence-electron chi connectivity index (χ2n) is 6.54. The van der Waals surface area contributed by atoms with Gasteiger partial charge in [-0.15, -0.1) is 12.4 Å². The number of ether oxygens (including phenoxy) is 1. The fraction of sp³-hybridized carbons (Fsp3) is 0.300. The van der Waals surface area contributed by atoms with E-state index >= 15 is 0 Å². The van der Waals surface area contributed by atoms with Gasteiger partial charge >= 0.3 is 0 Å². The van der Waals surface area contributed by atoms with Crippen LogP contribution in [0.25, 0.3) is 5.95 Å². The molecule has 0 bridgehead atoms. The number of halogens is 1. The van der Waals surface area contributed by atoms with Crippen LogP contribution in [-0.4, -0.2) is 32.3 Å². The number of nitrogens with zero attached hydrogens (tertiary/aromatic N) is 3. The maximum absolute atomic E-state index is 12.3. The lowest BCUT2D eigenvalue weighted by Crippen LogP contribution is -2.24. The first kappa shape index (κ1) is 22.2. The minimum Gasteiger partial charge on any atom is -0.484 e. The number of nitrogens with one attached hydrogen (secondary N) is 2. The molecule has 29 heavy (non-hydrogen) atoms. The van der Waals surface area contributed by atoms with Crippen molar-refractivity contribution in [3.05, 3.63) is 63.2 Å². The van der Waals surface area contributed by atoms with Gasteiger partial charge in [0.05, 0.1) is 5.69 Å². The summed E-state index contributed by atoms with van der Waals surface area (Å²) in [5.74, 6) is 0.928. The number of aromatic nitrogens is 4. The van der Waals surface area contributed by atoms with E-state index in [1.165, 1.54) is 4.68 Å². The van der Waals surface area contributed by atoms with Gasteiger partial charge in [0.25, 0.3) is 11.5 Å². The van der Waals surface area contributed by atoms with Gasteiger partial charge in [0.15, 0.2) is 6.61 Å². The van der Waals surface area contributed by atoms with E-state index in [1.54, 1.807) is 19.9 Å². The van der Waals surface area contributed by atoms with Gasteiger partial charge in [-0.05, 0) is 39.3 Å². The van der Waals surface area contributed by atoms with Gasteiger partial charge in [0.1, 0.15) is 11.6 Å². The Hall–Kier alpha value is -3.13. The fourth-order valence-corrected chi connectivity index (χ4v) is 2.82. The topological polar surface area (TPSA) is 102 Å². The average molecular weight is 418 g/mol. The first-order chi connectivity index (χ1) is 13.4. The number of hydrogen-bond acceptors (Lipinski definition) is 5. The predicted octanol–water partition coefficient (Wildman–Crippen LogP) is 2.88. The highest BCUT2D eigenvalue weighted by atomic mass is 35.5. The van der Waals surface area contributed by atoms with Crippen molar-refractivity contribution in [1.82, 2.24) is 19.7 Å². The summed E-state index contributed by atoms with van der Waals surface area (Å²) in [4.78, 5) is 31.7. The molecule has 2 N–H and O–H groups in total. The molecule has 0 atom stereocenters. The van der Waals surface area contributed by atoms with Crippen molar-refractivity contribution in [3.63, 3.8) is 0 Å². The molecule has 0 saturated heterocycles. The van der Waals surface area contributed by atoms with Gasteiger partial charge in [-0.3, -0.25) is 14.6 Å². The van der Waals surface area contributed by atoms with E-state index in [4.69, 9.17) is 4.74 Å². The molecule has 0 unspecified atom stereocenters. The van der Waals surface area contributed by atoms with E-state index in [9.17, 15) is 9.59 Å². The Kier molecular flexibility index (Phi) is 7.17. The Balaban J connectivity index is 0.00000300. The smallest absolute Gasteiger partial charge is 0.263 e. The third-order valence-electron chi connectivity index (χ3n) is 4.25. The molecule has 3 rings (SSSR count). The molecule has 1 aromatic carbocycles. The number of hydrogen-bond donors (Lipinski definition) is 2. The average Bonchev–Trinajstić information content (AvgIpc) is 3.01. The minimum absolute atomic E-state index is 0. The molecular weight excluding hydrogens is 394 g/mol. The van der Waals surface area contributed by atoms with Gasteiger partial charge in [-0.2, -0.15) is 9.78 Å². The van der Waals surface area contributed by atoms with Gasteiger partial charge in [-0.1, -0.05) is 24.6 Å². The quantitative estimate of drug-likeness (QED) is 0.642. The molecule has 2 aromatic heterocycles. The molecule has 1 amide bonds. The monoisotopic (exact) mass is 417 g/mol. The van der Waals surface area contributed by atoms with E-state index in [0.29, 0.717) is 34.9 Å². The molecule has 154 valence electrons. The molecule has 8 nitrogen and oxygen atoms in total. The summed E-state index contributed by atoms with van der Waals surface area (Å²) in [7, 11) is 0. The van der Waals surface area contributed by atoms with E-state index in [2.05, 4.69) is 20.4 Å². The highest BCUT2D eigenvalue weighted by molar-refractivity contribution is 5.91. The normalized spacial score (nSPS) is 10.3. The van der Waals surface area contributed by atoms with Crippen LogP contribution in [0.1, 0.15) is 29.4 Å². The third kappa shape index (κ3) is 5.23. The minimum atomic E-state index is -0.342. The first-order valence-corrected chi connectivity index (χ1v) is 9.03. The van der Waals surface area contributed by atoms with Crippen molar-refractivity contribution < 1.29 is 9.53 Å². The predicted molar refractivity (Wildman–Crippen MR) is 113 cm³/mol. The standard InChI is InChI=1S/C20H23N5O3.ClH/c1-5-16-14(4)21-20(23-19(16)27)25-17(10-13(3)24-25)22-18(26)11-28-15-8-6-12(2)7-9-15;/h6-10H,5,11H2,1-4H3,(H,22,26)(H,21,23,27);1H. The first-order valence-electron chi connectivity index (χ1n) is 9.03. The summed E-state index contributed by atoms with van der Waals surface area (Å²) < 4.78 is 6.91. The van der Waals surface area contributed by atoms with E-state index in [-0.39, 0.29) is 36.4 Å². The summed E-state index contributed by atoms with van der Waals surface area (Å²) >= 11 is 0. The highest BCUT2D eigenvalue weighted by Gasteiger charge is 2.15. The van der Waals surface area contributed by atoms with E-state index in [1.807, 2.05) is 38.1 Å². The van der Waals surface area contributed by atoms with E-state index in [0.717, 1.165) is 5.56 Å². The van der Waals surface area contributed by atoms with Crippen LogP contribution in [0.2, 0.25) is 0 Å². The second-order valence-corrected chi connectivity index (χ2v) is 6.54. The molecule has 2 heterocycles. The molecule has 0 radical (unpaired) electrons. The molecule has 9 heteroatoms. The number of benzene rings is 1. The summed E-state index contributed by atoms with van der Waals surface area (Å²) in [6, 6.07) is 9.15.